The first kappa shape index (κ1) is 7.05. The summed E-state index contributed by atoms with van der Waals surface area (Å²) in [6.45, 7) is 1.32. The molecule has 0 radical (unpaired) electrons. The first-order chi connectivity index (χ1) is 2.94. The molecule has 42 valence electrons. The molecule has 0 fully saturated rings. The second-order valence-corrected chi connectivity index (χ2v) is 2.96. The molecule has 0 atom stereocenters. The Hall–Kier alpha value is 0.0500. The molecule has 1 amide bonds. The lowest BCUT2D eigenvalue weighted by atomic mass is 10.5. The molecule has 0 heterocycles. The number of hydrogen-bond donors (Lipinski definition) is 1. The number of alkyl halides is 2. The van der Waals surface area contributed by atoms with Crippen LogP contribution in [0.15, 0.2) is 0 Å². The fraction of sp³-hybridized carbons (Fsp3) is 0.667. The van der Waals surface area contributed by atoms with E-state index >= 15 is 0 Å². The second kappa shape index (κ2) is 1.88. The highest BCUT2D eigenvalue weighted by atomic mass is 35.5. The minimum atomic E-state index is -1.42. The maximum Gasteiger partial charge on any atom is 0.253 e. The predicted molar refractivity (Wildman–Crippen MR) is 29.3 cm³/mol. The summed E-state index contributed by atoms with van der Waals surface area (Å²) in [6, 6.07) is 0. The van der Waals surface area contributed by atoms with Crippen molar-refractivity contribution in [3.63, 3.8) is 0 Å². The minimum Gasteiger partial charge on any atom is -0.367 e. The fourth-order valence-corrected chi connectivity index (χ4v) is 0. The number of rotatable bonds is 1. The van der Waals surface area contributed by atoms with Crippen molar-refractivity contribution < 1.29 is 4.79 Å². The van der Waals surface area contributed by atoms with Crippen molar-refractivity contribution in [1.82, 2.24) is 0 Å². The number of carbonyl (C=O) groups is 1. The molecular weight excluding hydrogens is 137 g/mol. The standard InChI is InChI=1S/C3H5Cl2NO/c1-3(4,5)2(6)7/h1H3,(H2,6,7). The molecule has 0 saturated carbocycles. The van der Waals surface area contributed by atoms with Gasteiger partial charge in [0.25, 0.3) is 5.91 Å². The number of hydrogen-bond acceptors (Lipinski definition) is 1. The lowest BCUT2D eigenvalue weighted by Gasteiger charge is -2.04. The summed E-state index contributed by atoms with van der Waals surface area (Å²) in [6.07, 6.45) is 0. The third kappa shape index (κ3) is 2.71. The zero-order valence-electron chi connectivity index (χ0n) is 3.74. The molecule has 7 heavy (non-hydrogen) atoms. The third-order valence-corrected chi connectivity index (χ3v) is 0.805. The second-order valence-electron chi connectivity index (χ2n) is 1.25. The summed E-state index contributed by atoms with van der Waals surface area (Å²) in [5.41, 5.74) is 4.67. The van der Waals surface area contributed by atoms with Crippen LogP contribution in [0.25, 0.3) is 0 Å². The average Bonchev–Trinajstić information content (AvgIpc) is 1.31. The van der Waals surface area contributed by atoms with Crippen LogP contribution >= 0.6 is 23.2 Å². The van der Waals surface area contributed by atoms with Gasteiger partial charge in [0, 0.05) is 0 Å². The monoisotopic (exact) mass is 141 g/mol. The fourth-order valence-electron chi connectivity index (χ4n) is 0. The Bertz CT molecular complexity index is 85.4. The van der Waals surface area contributed by atoms with Crippen molar-refractivity contribution in [2.75, 3.05) is 0 Å². The van der Waals surface area contributed by atoms with Crippen molar-refractivity contribution >= 4 is 29.1 Å². The van der Waals surface area contributed by atoms with Gasteiger partial charge in [-0.15, -0.1) is 0 Å². The molecule has 0 aromatic rings. The first-order valence-electron chi connectivity index (χ1n) is 1.62. The Morgan fingerprint density at radius 1 is 1.71 bits per heavy atom. The van der Waals surface area contributed by atoms with E-state index in [-0.39, 0.29) is 0 Å². The molecule has 0 saturated heterocycles. The van der Waals surface area contributed by atoms with E-state index < -0.39 is 10.2 Å². The SMILES string of the molecule is CC(Cl)(Cl)C(N)=O. The molecule has 0 spiro atoms. The normalized spacial score (nSPS) is 11.3. The number of halogens is 2. The van der Waals surface area contributed by atoms with Crippen molar-refractivity contribution in [2.45, 2.75) is 11.3 Å². The maximum absolute atomic E-state index is 9.98. The zero-order valence-corrected chi connectivity index (χ0v) is 5.25. The van der Waals surface area contributed by atoms with E-state index in [1.165, 1.54) is 6.92 Å². The van der Waals surface area contributed by atoms with E-state index in [1.54, 1.807) is 0 Å². The summed E-state index contributed by atoms with van der Waals surface area (Å²) >= 11 is 10.3. The lowest BCUT2D eigenvalue weighted by Crippen LogP contribution is -2.29. The highest BCUT2D eigenvalue weighted by Gasteiger charge is 2.23. The van der Waals surface area contributed by atoms with E-state index in [0.29, 0.717) is 0 Å². The first-order valence-corrected chi connectivity index (χ1v) is 2.38. The molecule has 0 bridgehead atoms. The van der Waals surface area contributed by atoms with Gasteiger partial charge in [-0.25, -0.2) is 0 Å². The van der Waals surface area contributed by atoms with Gasteiger partial charge in [-0.1, -0.05) is 23.2 Å². The van der Waals surface area contributed by atoms with Gasteiger partial charge < -0.3 is 5.73 Å². The number of amides is 1. The number of nitrogens with two attached hydrogens (primary N) is 1. The predicted octanol–water partition coefficient (Wildman–Crippen LogP) is 0.666. The highest BCUT2D eigenvalue weighted by molar-refractivity contribution is 6.57. The van der Waals surface area contributed by atoms with Crippen LogP contribution in [0.2, 0.25) is 0 Å². The Kier molecular flexibility index (Phi) is 1.90. The number of primary amides is 1. The number of carbonyl (C=O) groups excluding carboxylic acids is 1. The molecule has 2 nitrogen and oxygen atoms in total. The Morgan fingerprint density at radius 2 is 1.86 bits per heavy atom. The quantitative estimate of drug-likeness (QED) is 0.537. The molecule has 0 aliphatic rings. The van der Waals surface area contributed by atoms with Crippen LogP contribution in [0.3, 0.4) is 0 Å². The maximum atomic E-state index is 9.98. The summed E-state index contributed by atoms with van der Waals surface area (Å²) in [7, 11) is 0. The highest BCUT2D eigenvalue weighted by Crippen LogP contribution is 2.17. The van der Waals surface area contributed by atoms with Crippen LogP contribution in [-0.2, 0) is 4.79 Å². The van der Waals surface area contributed by atoms with Crippen LogP contribution in [-0.4, -0.2) is 10.2 Å². The third-order valence-electron chi connectivity index (χ3n) is 0.433. The van der Waals surface area contributed by atoms with Gasteiger partial charge in [-0.2, -0.15) is 0 Å². The molecule has 0 rings (SSSR count). The van der Waals surface area contributed by atoms with Crippen LogP contribution in [0.5, 0.6) is 0 Å². The van der Waals surface area contributed by atoms with Crippen LogP contribution < -0.4 is 5.73 Å². The van der Waals surface area contributed by atoms with Gasteiger partial charge >= 0.3 is 0 Å². The average molecular weight is 142 g/mol. The molecule has 0 aromatic heterocycles. The molecule has 0 aliphatic carbocycles. The van der Waals surface area contributed by atoms with Gasteiger partial charge in [-0.05, 0) is 6.92 Å². The van der Waals surface area contributed by atoms with Crippen molar-refractivity contribution in [3.8, 4) is 0 Å². The van der Waals surface area contributed by atoms with E-state index in [2.05, 4.69) is 5.73 Å². The zero-order chi connectivity index (χ0) is 6.08. The largest absolute Gasteiger partial charge is 0.367 e. The van der Waals surface area contributed by atoms with Gasteiger partial charge in [0.1, 0.15) is 0 Å². The van der Waals surface area contributed by atoms with Gasteiger partial charge in [-0.3, -0.25) is 4.79 Å². The molecule has 2 N–H and O–H groups in total. The van der Waals surface area contributed by atoms with Crippen LogP contribution in [0.1, 0.15) is 6.92 Å². The summed E-state index contributed by atoms with van der Waals surface area (Å²) in [5.74, 6) is -0.726. The van der Waals surface area contributed by atoms with E-state index in [4.69, 9.17) is 23.2 Å². The van der Waals surface area contributed by atoms with Crippen LogP contribution in [0.4, 0.5) is 0 Å². The minimum absolute atomic E-state index is 0.726. The lowest BCUT2D eigenvalue weighted by molar-refractivity contribution is -0.118. The van der Waals surface area contributed by atoms with Crippen molar-refractivity contribution in [1.29, 1.82) is 0 Å². The Balaban J connectivity index is 3.79. The van der Waals surface area contributed by atoms with E-state index in [1.807, 2.05) is 0 Å². The van der Waals surface area contributed by atoms with Gasteiger partial charge in [0.05, 0.1) is 0 Å². The Labute approximate surface area is 51.6 Å². The smallest absolute Gasteiger partial charge is 0.253 e. The molecule has 0 aromatic carbocycles. The molecule has 0 aliphatic heterocycles. The summed E-state index contributed by atoms with van der Waals surface area (Å²) in [4.78, 5) is 9.98. The Morgan fingerprint density at radius 3 is 1.86 bits per heavy atom. The summed E-state index contributed by atoms with van der Waals surface area (Å²) < 4.78 is -1.42. The topological polar surface area (TPSA) is 43.1 Å². The van der Waals surface area contributed by atoms with Crippen molar-refractivity contribution in [2.24, 2.45) is 5.73 Å². The van der Waals surface area contributed by atoms with Crippen LogP contribution in [0, 0.1) is 0 Å². The van der Waals surface area contributed by atoms with Gasteiger partial charge in [0.15, 0.2) is 4.33 Å². The molecular formula is C3H5Cl2NO. The molecule has 4 heteroatoms. The van der Waals surface area contributed by atoms with Crippen molar-refractivity contribution in [3.05, 3.63) is 0 Å². The van der Waals surface area contributed by atoms with E-state index in [9.17, 15) is 4.79 Å². The van der Waals surface area contributed by atoms with E-state index in [0.717, 1.165) is 0 Å². The van der Waals surface area contributed by atoms with Gasteiger partial charge in [0.2, 0.25) is 0 Å². The molecule has 0 unspecified atom stereocenters. The summed E-state index contributed by atoms with van der Waals surface area (Å²) in [5, 5.41) is 0.